The molecule has 0 radical (unpaired) electrons. The number of aliphatic hydroxyl groups excluding tert-OH is 1. The topological polar surface area (TPSA) is 103 Å². The summed E-state index contributed by atoms with van der Waals surface area (Å²) in [5.41, 5.74) is 1.62. The number of alkyl halides is 1. The summed E-state index contributed by atoms with van der Waals surface area (Å²) in [7, 11) is 0. The van der Waals surface area contributed by atoms with Crippen molar-refractivity contribution in [1.82, 2.24) is 4.90 Å². The van der Waals surface area contributed by atoms with Gasteiger partial charge in [0.15, 0.2) is 0 Å². The number of fused-ring (bicyclic) bond motifs is 1. The lowest BCUT2D eigenvalue weighted by Gasteiger charge is -2.39. The number of carbonyl (C=O) groups is 3. The average Bonchev–Trinajstić information content (AvgIpc) is 3.78. The Morgan fingerprint density at radius 3 is 2.04 bits per heavy atom. The van der Waals surface area contributed by atoms with Gasteiger partial charge in [-0.3, -0.25) is 14.4 Å². The number of likely N-dealkylation sites (tertiary alicyclic amines) is 1. The first-order chi connectivity index (χ1) is 25.7. The molecule has 6 rings (SSSR count). The lowest BCUT2D eigenvalue weighted by atomic mass is 9.70. The number of benzene rings is 3. The quantitative estimate of drug-likeness (QED) is 0.137. The second kappa shape index (κ2) is 16.3. The zero-order valence-corrected chi connectivity index (χ0v) is 32.2. The number of hydrogen-bond donors (Lipinski definition) is 1. The van der Waals surface area contributed by atoms with E-state index in [1.54, 1.807) is 34.1 Å². The van der Waals surface area contributed by atoms with Crippen molar-refractivity contribution in [2.45, 2.75) is 55.8 Å². The highest BCUT2D eigenvalue weighted by atomic mass is 79.9. The van der Waals surface area contributed by atoms with Gasteiger partial charge in [0.05, 0.1) is 37.2 Å². The van der Waals surface area contributed by atoms with Gasteiger partial charge in [0.25, 0.3) is 5.91 Å². The number of amides is 3. The molecule has 3 aromatic rings. The van der Waals surface area contributed by atoms with Gasteiger partial charge in [-0.15, -0.1) is 13.2 Å². The fraction of sp³-hybridized carbons (Fsp3) is 0.405. The van der Waals surface area contributed by atoms with Gasteiger partial charge in [-0.05, 0) is 81.3 Å². The molecular weight excluding hydrogens is 736 g/mol. The molecule has 7 atom stereocenters. The van der Waals surface area contributed by atoms with Gasteiger partial charge in [-0.25, -0.2) is 0 Å². The summed E-state index contributed by atoms with van der Waals surface area (Å²) < 4.78 is 12.5. The van der Waals surface area contributed by atoms with Crippen molar-refractivity contribution >= 4 is 50.7 Å². The third-order valence-electron chi connectivity index (χ3n) is 10.8. The van der Waals surface area contributed by atoms with Gasteiger partial charge < -0.3 is 34.2 Å². The number of carbonyl (C=O) groups excluding carboxylic acids is 3. The molecule has 1 spiro atoms. The first-order valence-electron chi connectivity index (χ1n) is 18.4. The molecule has 1 N–H and O–H groups in total. The minimum absolute atomic E-state index is 0.173. The van der Waals surface area contributed by atoms with E-state index < -0.39 is 48.1 Å². The van der Waals surface area contributed by atoms with Crippen molar-refractivity contribution in [2.75, 3.05) is 54.1 Å². The van der Waals surface area contributed by atoms with Crippen LogP contribution in [0.2, 0.25) is 0 Å². The Bertz CT molecular complexity index is 1790. The minimum Gasteiger partial charge on any atom is -0.494 e. The highest BCUT2D eigenvalue weighted by molar-refractivity contribution is 9.09. The van der Waals surface area contributed by atoms with Crippen LogP contribution in [0, 0.1) is 11.8 Å². The Balaban J connectivity index is 1.45. The number of nitrogens with zero attached hydrogens (tertiary/aromatic N) is 4. The smallest absolute Gasteiger partial charge is 0.253 e. The summed E-state index contributed by atoms with van der Waals surface area (Å²) in [6.45, 7) is 16.1. The normalized spacial score (nSPS) is 24.7. The van der Waals surface area contributed by atoms with E-state index in [0.717, 1.165) is 18.8 Å². The molecule has 3 aliphatic heterocycles. The van der Waals surface area contributed by atoms with Crippen LogP contribution in [-0.4, -0.2) is 89.7 Å². The third kappa shape index (κ3) is 6.79. The van der Waals surface area contributed by atoms with E-state index >= 15 is 9.59 Å². The summed E-state index contributed by atoms with van der Waals surface area (Å²) in [6.07, 6.45) is 2.96. The Hall–Kier alpha value is -4.45. The molecule has 3 saturated heterocycles. The molecule has 10 nitrogen and oxygen atoms in total. The van der Waals surface area contributed by atoms with Gasteiger partial charge in [0.1, 0.15) is 17.4 Å². The van der Waals surface area contributed by atoms with E-state index in [1.807, 2.05) is 73.7 Å². The van der Waals surface area contributed by atoms with Gasteiger partial charge in [-0.2, -0.15) is 0 Å². The molecule has 11 heteroatoms. The number of anilines is 3. The molecule has 53 heavy (non-hydrogen) atoms. The summed E-state index contributed by atoms with van der Waals surface area (Å²) >= 11 is 3.81. The summed E-state index contributed by atoms with van der Waals surface area (Å²) in [6, 6.07) is 22.2. The largest absolute Gasteiger partial charge is 0.494 e. The average molecular weight is 786 g/mol. The van der Waals surface area contributed by atoms with E-state index in [2.05, 4.69) is 47.8 Å². The maximum absolute atomic E-state index is 15.3. The van der Waals surface area contributed by atoms with Crippen molar-refractivity contribution in [3.63, 3.8) is 0 Å². The zero-order valence-electron chi connectivity index (χ0n) is 30.6. The lowest BCUT2D eigenvalue weighted by Crippen LogP contribution is -2.58. The Morgan fingerprint density at radius 1 is 0.925 bits per heavy atom. The maximum atomic E-state index is 15.3. The van der Waals surface area contributed by atoms with E-state index in [9.17, 15) is 9.90 Å². The zero-order chi connectivity index (χ0) is 37.9. The van der Waals surface area contributed by atoms with E-state index in [1.165, 1.54) is 4.90 Å². The predicted molar refractivity (Wildman–Crippen MR) is 212 cm³/mol. The van der Waals surface area contributed by atoms with Crippen LogP contribution in [0.4, 0.5) is 17.1 Å². The molecule has 2 bridgehead atoms. The molecule has 3 unspecified atom stereocenters. The SMILES string of the molecule is C=CCN(C(=O)C1N([C@H](CO)c2ccccc2)C(=O)[C@@H]2[C@@H](C(=O)N(CC=C)c3ccc(OCC)cc3)[C@@H]3OC12CC3Br)c1ccc(N(CC)CC)cc1. The predicted octanol–water partition coefficient (Wildman–Crippen LogP) is 6.15. The standard InChI is InChI=1S/C42H49BrN4O6/c1-6-24-45(31-20-22-32(23-21-31)52-10-5)39(49)35-36-40(50)47(34(27-48)28-14-12-11-13-15-28)38(42(36)26-33(43)37(35)53-42)41(51)46(25-7-2)30-18-16-29(17-19-30)44(8-3)9-4/h6-7,11-23,33-38,48H,1-2,8-10,24-27H2,3-5H3/t33?,34-,35-,36+,37-,38?,42?/m1/s1. The van der Waals surface area contributed by atoms with Gasteiger partial charge in [-0.1, -0.05) is 58.4 Å². The van der Waals surface area contributed by atoms with Crippen LogP contribution < -0.4 is 19.4 Å². The Kier molecular flexibility index (Phi) is 11.8. The fourth-order valence-electron chi connectivity index (χ4n) is 8.55. The molecule has 3 aliphatic rings. The van der Waals surface area contributed by atoms with Crippen molar-refractivity contribution in [2.24, 2.45) is 11.8 Å². The Labute approximate surface area is 320 Å². The number of halogens is 1. The first kappa shape index (κ1) is 38.3. The summed E-state index contributed by atoms with van der Waals surface area (Å²) in [4.78, 5) is 51.9. The molecule has 0 aromatic heterocycles. The van der Waals surface area contributed by atoms with Crippen LogP contribution in [0.5, 0.6) is 5.75 Å². The monoisotopic (exact) mass is 784 g/mol. The lowest BCUT2D eigenvalue weighted by molar-refractivity contribution is -0.144. The number of rotatable bonds is 16. The van der Waals surface area contributed by atoms with Gasteiger partial charge in [0, 0.05) is 48.1 Å². The molecule has 3 aromatic carbocycles. The molecule has 0 saturated carbocycles. The highest BCUT2D eigenvalue weighted by Gasteiger charge is 2.77. The van der Waals surface area contributed by atoms with Crippen molar-refractivity contribution < 1.29 is 29.0 Å². The minimum atomic E-state index is -1.35. The number of ether oxygens (including phenoxy) is 2. The maximum Gasteiger partial charge on any atom is 0.253 e. The van der Waals surface area contributed by atoms with Crippen LogP contribution in [-0.2, 0) is 19.1 Å². The molecule has 280 valence electrons. The van der Waals surface area contributed by atoms with Crippen LogP contribution in [0.1, 0.15) is 38.8 Å². The van der Waals surface area contributed by atoms with E-state index in [-0.39, 0.29) is 29.7 Å². The van der Waals surface area contributed by atoms with E-state index in [4.69, 9.17) is 9.47 Å². The van der Waals surface area contributed by atoms with Crippen LogP contribution in [0.25, 0.3) is 0 Å². The number of aliphatic hydroxyl groups is 1. The van der Waals surface area contributed by atoms with Gasteiger partial charge >= 0.3 is 0 Å². The summed E-state index contributed by atoms with van der Waals surface area (Å²) in [5, 5.41) is 11.0. The molecule has 0 aliphatic carbocycles. The van der Waals surface area contributed by atoms with Crippen molar-refractivity contribution in [3.8, 4) is 5.75 Å². The second-order valence-electron chi connectivity index (χ2n) is 13.6. The van der Waals surface area contributed by atoms with E-state index in [0.29, 0.717) is 35.7 Å². The third-order valence-corrected chi connectivity index (χ3v) is 11.7. The highest BCUT2D eigenvalue weighted by Crippen LogP contribution is 2.61. The summed E-state index contributed by atoms with van der Waals surface area (Å²) in [5.74, 6) is -2.28. The van der Waals surface area contributed by atoms with Crippen LogP contribution >= 0.6 is 15.9 Å². The van der Waals surface area contributed by atoms with Crippen molar-refractivity contribution in [1.29, 1.82) is 0 Å². The molecular formula is C42H49BrN4O6. The first-order valence-corrected chi connectivity index (χ1v) is 19.3. The van der Waals surface area contributed by atoms with Crippen LogP contribution in [0.15, 0.2) is 104 Å². The molecule has 3 fully saturated rings. The number of hydrogen-bond acceptors (Lipinski definition) is 7. The van der Waals surface area contributed by atoms with Crippen LogP contribution in [0.3, 0.4) is 0 Å². The molecule has 3 amide bonds. The fourth-order valence-corrected chi connectivity index (χ4v) is 9.49. The Morgan fingerprint density at radius 2 is 1.49 bits per heavy atom. The van der Waals surface area contributed by atoms with Gasteiger partial charge in [0.2, 0.25) is 11.8 Å². The van der Waals surface area contributed by atoms with Crippen molar-refractivity contribution in [3.05, 3.63) is 110 Å². The second-order valence-corrected chi connectivity index (χ2v) is 14.8. The molecule has 3 heterocycles.